The Balaban J connectivity index is 2.79. The van der Waals surface area contributed by atoms with E-state index >= 15 is 0 Å². The molecule has 1 aromatic carbocycles. The van der Waals surface area contributed by atoms with Crippen molar-refractivity contribution in [2.75, 3.05) is 0 Å². The first-order valence-electron chi connectivity index (χ1n) is 4.68. The fourth-order valence-electron chi connectivity index (χ4n) is 0.990. The van der Waals surface area contributed by atoms with Crippen molar-refractivity contribution in [1.29, 1.82) is 0 Å². The first-order valence-corrected chi connectivity index (χ1v) is 4.68. The van der Waals surface area contributed by atoms with E-state index in [4.69, 9.17) is 0 Å². The molecule has 0 aliphatic heterocycles. The average molecular weight is 274 g/mol. The number of ether oxygens (including phenoxy) is 2. The molecule has 0 aromatic heterocycles. The normalized spacial score (nSPS) is 14.7. The van der Waals surface area contributed by atoms with Crippen LogP contribution in [0.5, 0.6) is 11.5 Å². The summed E-state index contributed by atoms with van der Waals surface area (Å²) in [4.78, 5) is 0. The topological polar surface area (TPSA) is 18.5 Å². The fourth-order valence-corrected chi connectivity index (χ4v) is 0.990. The van der Waals surface area contributed by atoms with E-state index in [1.54, 1.807) is 0 Å². The van der Waals surface area contributed by atoms with E-state index in [9.17, 15) is 26.3 Å². The van der Waals surface area contributed by atoms with Gasteiger partial charge in [-0.05, 0) is 12.1 Å². The third-order valence-electron chi connectivity index (χ3n) is 1.72. The van der Waals surface area contributed by atoms with E-state index in [2.05, 4.69) is 9.47 Å². The van der Waals surface area contributed by atoms with Crippen LogP contribution in [0, 0.1) is 0 Å². The van der Waals surface area contributed by atoms with E-state index in [1.807, 2.05) is 0 Å². The lowest BCUT2D eigenvalue weighted by Crippen LogP contribution is -2.22. The van der Waals surface area contributed by atoms with E-state index in [1.165, 1.54) is 12.1 Å². The molecule has 0 N–H and O–H groups in total. The van der Waals surface area contributed by atoms with Gasteiger partial charge in [-0.25, -0.2) is 17.6 Å². The van der Waals surface area contributed by atoms with Gasteiger partial charge in [-0.2, -0.15) is 8.78 Å². The third-order valence-corrected chi connectivity index (χ3v) is 1.72. The second-order valence-electron chi connectivity index (χ2n) is 3.05. The molecular weight excluding hydrogens is 266 g/mol. The highest BCUT2D eigenvalue weighted by molar-refractivity contribution is 5.39. The van der Waals surface area contributed by atoms with Crippen molar-refractivity contribution in [2.24, 2.45) is 0 Å². The SMILES string of the molecule is FC(F)C(F)Oc1ccccc1OC(F)C(F)F. The van der Waals surface area contributed by atoms with Crippen LogP contribution in [0.4, 0.5) is 26.3 Å². The second-order valence-corrected chi connectivity index (χ2v) is 3.05. The van der Waals surface area contributed by atoms with Crippen LogP contribution in [0.25, 0.3) is 0 Å². The second kappa shape index (κ2) is 6.36. The lowest BCUT2D eigenvalue weighted by Gasteiger charge is -2.16. The monoisotopic (exact) mass is 274 g/mol. The predicted molar refractivity (Wildman–Crippen MR) is 49.5 cm³/mol. The number of hydrogen-bond donors (Lipinski definition) is 0. The van der Waals surface area contributed by atoms with E-state index in [-0.39, 0.29) is 0 Å². The number of halogens is 6. The number of hydrogen-bond acceptors (Lipinski definition) is 2. The molecule has 0 heterocycles. The summed E-state index contributed by atoms with van der Waals surface area (Å²) in [6.45, 7) is 0. The molecule has 0 spiro atoms. The van der Waals surface area contributed by atoms with Gasteiger partial charge in [0.2, 0.25) is 0 Å². The Morgan fingerprint density at radius 1 is 0.667 bits per heavy atom. The molecule has 0 aliphatic carbocycles. The number of rotatable bonds is 6. The molecule has 2 atom stereocenters. The zero-order valence-corrected chi connectivity index (χ0v) is 8.70. The summed E-state index contributed by atoms with van der Waals surface area (Å²) in [5.41, 5.74) is 0. The van der Waals surface area contributed by atoms with Gasteiger partial charge < -0.3 is 9.47 Å². The van der Waals surface area contributed by atoms with Gasteiger partial charge in [0.1, 0.15) is 0 Å². The van der Waals surface area contributed by atoms with Crippen molar-refractivity contribution in [3.63, 3.8) is 0 Å². The summed E-state index contributed by atoms with van der Waals surface area (Å²) in [5.74, 6) is -1.18. The van der Waals surface area contributed by atoms with Gasteiger partial charge in [0.25, 0.3) is 12.7 Å². The van der Waals surface area contributed by atoms with Gasteiger partial charge >= 0.3 is 12.9 Å². The van der Waals surface area contributed by atoms with Crippen LogP contribution < -0.4 is 9.47 Å². The van der Waals surface area contributed by atoms with Crippen molar-refractivity contribution < 1.29 is 35.8 Å². The average Bonchev–Trinajstić information content (AvgIpc) is 2.31. The van der Waals surface area contributed by atoms with Crippen molar-refractivity contribution >= 4 is 0 Å². The van der Waals surface area contributed by atoms with Crippen LogP contribution in [0.1, 0.15) is 0 Å². The van der Waals surface area contributed by atoms with Crippen LogP contribution >= 0.6 is 0 Å². The van der Waals surface area contributed by atoms with Gasteiger partial charge in [0, 0.05) is 0 Å². The highest BCUT2D eigenvalue weighted by Gasteiger charge is 2.25. The van der Waals surface area contributed by atoms with E-state index < -0.39 is 37.1 Å². The predicted octanol–water partition coefficient (Wildman–Crippen LogP) is 3.57. The summed E-state index contributed by atoms with van der Waals surface area (Å²) >= 11 is 0. The summed E-state index contributed by atoms with van der Waals surface area (Å²) in [5, 5.41) is 0. The third kappa shape index (κ3) is 4.01. The molecule has 2 nitrogen and oxygen atoms in total. The van der Waals surface area contributed by atoms with Gasteiger partial charge in [-0.15, -0.1) is 0 Å². The van der Waals surface area contributed by atoms with Gasteiger partial charge in [0.05, 0.1) is 0 Å². The van der Waals surface area contributed by atoms with Gasteiger partial charge in [0.15, 0.2) is 11.5 Å². The van der Waals surface area contributed by atoms with Crippen LogP contribution in [0.3, 0.4) is 0 Å². The Kier molecular flexibility index (Phi) is 5.11. The lowest BCUT2D eigenvalue weighted by molar-refractivity contribution is -0.0805. The standard InChI is InChI=1S/C10H8F6O2/c11-7(12)9(15)17-5-3-1-2-4-6(5)18-10(16)8(13)14/h1-4,7-10H. The molecule has 0 fully saturated rings. The molecule has 1 aromatic rings. The first kappa shape index (κ1) is 14.5. The molecule has 0 aliphatic rings. The molecule has 18 heavy (non-hydrogen) atoms. The van der Waals surface area contributed by atoms with Crippen molar-refractivity contribution in [1.82, 2.24) is 0 Å². The smallest absolute Gasteiger partial charge is 0.304 e. The largest absolute Gasteiger partial charge is 0.451 e. The summed E-state index contributed by atoms with van der Waals surface area (Å²) in [7, 11) is 0. The van der Waals surface area contributed by atoms with Crippen molar-refractivity contribution in [2.45, 2.75) is 25.6 Å². The summed E-state index contributed by atoms with van der Waals surface area (Å²) in [6.07, 6.45) is -12.8. The van der Waals surface area contributed by atoms with Crippen molar-refractivity contribution in [3.8, 4) is 11.5 Å². The zero-order chi connectivity index (χ0) is 13.7. The first-order chi connectivity index (χ1) is 8.41. The molecule has 0 amide bonds. The Hall–Kier alpha value is -1.60. The molecule has 1 rings (SSSR count). The highest BCUT2D eigenvalue weighted by Crippen LogP contribution is 2.30. The van der Waals surface area contributed by atoms with Gasteiger partial charge in [-0.3, -0.25) is 0 Å². The maximum atomic E-state index is 12.6. The van der Waals surface area contributed by atoms with Crippen LogP contribution in [-0.4, -0.2) is 25.6 Å². The molecule has 102 valence electrons. The summed E-state index contributed by atoms with van der Waals surface area (Å²) < 4.78 is 81.1. The summed E-state index contributed by atoms with van der Waals surface area (Å²) in [6, 6.07) is 4.50. The minimum absolute atomic E-state index is 0.589. The molecule has 2 unspecified atom stereocenters. The molecule has 0 bridgehead atoms. The lowest BCUT2D eigenvalue weighted by atomic mass is 10.3. The number of alkyl halides is 6. The molecule has 0 saturated heterocycles. The van der Waals surface area contributed by atoms with Crippen LogP contribution in [0.15, 0.2) is 24.3 Å². The number of para-hydroxylation sites is 2. The maximum Gasteiger partial charge on any atom is 0.304 e. The molecular formula is C10H8F6O2. The van der Waals surface area contributed by atoms with E-state index in [0.717, 1.165) is 12.1 Å². The van der Waals surface area contributed by atoms with E-state index in [0.29, 0.717) is 0 Å². The van der Waals surface area contributed by atoms with Crippen LogP contribution in [-0.2, 0) is 0 Å². The molecule has 8 heteroatoms. The minimum atomic E-state index is -3.42. The minimum Gasteiger partial charge on any atom is -0.451 e. The quantitative estimate of drug-likeness (QED) is 0.738. The Morgan fingerprint density at radius 2 is 1.00 bits per heavy atom. The Labute approximate surface area is 98.1 Å². The molecule has 0 saturated carbocycles. The highest BCUT2D eigenvalue weighted by atomic mass is 19.3. The Bertz CT molecular complexity index is 338. The number of benzene rings is 1. The zero-order valence-electron chi connectivity index (χ0n) is 8.70. The Morgan fingerprint density at radius 3 is 1.28 bits per heavy atom. The maximum absolute atomic E-state index is 12.6. The fraction of sp³-hybridized carbons (Fsp3) is 0.400. The van der Waals surface area contributed by atoms with Crippen molar-refractivity contribution in [3.05, 3.63) is 24.3 Å². The van der Waals surface area contributed by atoms with Gasteiger partial charge in [-0.1, -0.05) is 12.1 Å². The molecule has 0 radical (unpaired) electrons. The van der Waals surface area contributed by atoms with Crippen LogP contribution in [0.2, 0.25) is 0 Å².